The molecule has 0 saturated carbocycles. The lowest BCUT2D eigenvalue weighted by Crippen LogP contribution is -2.76. The minimum Gasteiger partial charge on any atom is -0.465 e. The van der Waals surface area contributed by atoms with Crippen LogP contribution in [-0.4, -0.2) is 66.0 Å². The predicted octanol–water partition coefficient (Wildman–Crippen LogP) is 3.91. The normalized spacial score (nSPS) is 22.0. The molecule has 2 atom stereocenters. The Bertz CT molecular complexity index is 1270. The van der Waals surface area contributed by atoms with Gasteiger partial charge < -0.3 is 24.4 Å². The number of hydrogen-bond donors (Lipinski definition) is 1. The smallest absolute Gasteiger partial charge is 0.324 e. The third-order valence-electron chi connectivity index (χ3n) is 8.44. The van der Waals surface area contributed by atoms with E-state index >= 15 is 0 Å². The maximum absolute atomic E-state index is 14.3. The summed E-state index contributed by atoms with van der Waals surface area (Å²) in [7, 11) is 0. The summed E-state index contributed by atoms with van der Waals surface area (Å²) in [5, 5.41) is 3.44. The number of para-hydroxylation sites is 1. The molecular weight excluding hydrogens is 510 g/mol. The summed E-state index contributed by atoms with van der Waals surface area (Å²) in [6, 6.07) is 13.9. The lowest BCUT2D eigenvalue weighted by atomic mass is 9.77. The Balaban J connectivity index is 1.47. The van der Waals surface area contributed by atoms with Crippen molar-refractivity contribution in [3.05, 3.63) is 64.7 Å². The summed E-state index contributed by atoms with van der Waals surface area (Å²) in [5.41, 5.74) is 3.27. The summed E-state index contributed by atoms with van der Waals surface area (Å²) < 4.78 is 17.3. The van der Waals surface area contributed by atoms with Crippen LogP contribution in [0.3, 0.4) is 0 Å². The van der Waals surface area contributed by atoms with Gasteiger partial charge >= 0.3 is 11.9 Å². The Morgan fingerprint density at radius 3 is 2.42 bits per heavy atom. The first-order valence-corrected chi connectivity index (χ1v) is 14.2. The van der Waals surface area contributed by atoms with Gasteiger partial charge in [0.1, 0.15) is 0 Å². The first kappa shape index (κ1) is 28.1. The van der Waals surface area contributed by atoms with Crippen molar-refractivity contribution in [2.75, 3.05) is 31.7 Å². The van der Waals surface area contributed by atoms with Gasteiger partial charge in [-0.15, -0.1) is 0 Å². The average Bonchev–Trinajstić information content (AvgIpc) is 2.94. The summed E-state index contributed by atoms with van der Waals surface area (Å²) in [6.45, 7) is 9.13. The zero-order chi connectivity index (χ0) is 28.5. The van der Waals surface area contributed by atoms with Gasteiger partial charge in [0.25, 0.3) is 0 Å². The summed E-state index contributed by atoms with van der Waals surface area (Å²) >= 11 is 0. The Morgan fingerprint density at radius 1 is 1.05 bits per heavy atom. The van der Waals surface area contributed by atoms with Gasteiger partial charge in [0.2, 0.25) is 11.8 Å². The number of carbonyl (C=O) groups excluding carboxylic acids is 3. The van der Waals surface area contributed by atoms with Gasteiger partial charge in [-0.3, -0.25) is 14.4 Å². The second-order valence-electron chi connectivity index (χ2n) is 11.0. The lowest BCUT2D eigenvalue weighted by Gasteiger charge is -2.63. The van der Waals surface area contributed by atoms with E-state index < -0.39 is 23.2 Å². The molecule has 3 saturated heterocycles. The predicted molar refractivity (Wildman–Crippen MR) is 149 cm³/mol. The highest BCUT2D eigenvalue weighted by Gasteiger charge is 2.61. The number of amides is 1. The Morgan fingerprint density at radius 2 is 1.75 bits per heavy atom. The Hall–Kier alpha value is -3.43. The van der Waals surface area contributed by atoms with Crippen molar-refractivity contribution >= 4 is 23.5 Å². The molecule has 1 amide bonds. The molecule has 2 bridgehead atoms. The largest absolute Gasteiger partial charge is 0.465 e. The van der Waals surface area contributed by atoms with E-state index in [0.717, 1.165) is 27.9 Å². The highest BCUT2D eigenvalue weighted by molar-refractivity contribution is 6.04. The van der Waals surface area contributed by atoms with Crippen molar-refractivity contribution < 1.29 is 28.6 Å². The van der Waals surface area contributed by atoms with Crippen LogP contribution in [0.2, 0.25) is 0 Å². The lowest BCUT2D eigenvalue weighted by molar-refractivity contribution is -0.369. The third-order valence-corrected chi connectivity index (χ3v) is 8.44. The van der Waals surface area contributed by atoms with Crippen molar-refractivity contribution in [2.45, 2.75) is 71.9 Å². The molecule has 2 aromatic carbocycles. The molecule has 1 unspecified atom stereocenters. The number of esters is 2. The molecule has 1 N–H and O–H groups in total. The molecule has 0 aromatic heterocycles. The summed E-state index contributed by atoms with van der Waals surface area (Å²) in [5.74, 6) is -2.75. The van der Waals surface area contributed by atoms with E-state index in [1.807, 2.05) is 50.2 Å². The minimum absolute atomic E-state index is 0.000490. The van der Waals surface area contributed by atoms with Crippen LogP contribution in [-0.2, 0) is 41.6 Å². The average molecular weight is 550 g/mol. The first-order chi connectivity index (χ1) is 19.2. The van der Waals surface area contributed by atoms with Crippen LogP contribution in [0.4, 0.5) is 5.69 Å². The van der Waals surface area contributed by atoms with E-state index in [0.29, 0.717) is 32.6 Å². The van der Waals surface area contributed by atoms with Crippen molar-refractivity contribution in [3.63, 3.8) is 0 Å². The van der Waals surface area contributed by atoms with Gasteiger partial charge in [-0.05, 0) is 68.9 Å². The number of fused-ring (bicyclic) bond motifs is 3. The van der Waals surface area contributed by atoms with Crippen molar-refractivity contribution in [1.29, 1.82) is 0 Å². The summed E-state index contributed by atoms with van der Waals surface area (Å²) in [4.78, 5) is 45.3. The van der Waals surface area contributed by atoms with Gasteiger partial charge in [0.05, 0.1) is 32.4 Å². The van der Waals surface area contributed by atoms with E-state index in [2.05, 4.69) is 16.3 Å². The first-order valence-electron chi connectivity index (χ1n) is 14.2. The van der Waals surface area contributed by atoms with Gasteiger partial charge in [-0.1, -0.05) is 36.4 Å². The fraction of sp³-hybridized carbons (Fsp3) is 0.516. The number of carbonyl (C=O) groups is 3. The molecule has 9 heteroatoms. The Kier molecular flexibility index (Phi) is 7.88. The number of rotatable bonds is 9. The standard InChI is InChI=1S/C31H39N3O6/c1-5-38-28(36)30(29(37)39-6-2,16-23-12-11-21(3)22(4)15-23)18-27(35)34-14-13-25-17-31(34,40-25)33-19-24-9-7-8-10-26(24)32-20-33/h7-12,15,25,32H,5-6,13-14,16-20H2,1-4H3/t25?,31-/m1/s1. The number of benzene rings is 2. The van der Waals surface area contributed by atoms with Crippen LogP contribution in [0.5, 0.6) is 0 Å². The molecule has 4 aliphatic heterocycles. The zero-order valence-corrected chi connectivity index (χ0v) is 23.8. The van der Waals surface area contributed by atoms with Crippen molar-refractivity contribution in [1.82, 2.24) is 9.80 Å². The number of piperidine rings is 1. The highest BCUT2D eigenvalue weighted by atomic mass is 16.6. The molecule has 9 nitrogen and oxygen atoms in total. The van der Waals surface area contributed by atoms with Crippen LogP contribution < -0.4 is 5.32 Å². The van der Waals surface area contributed by atoms with E-state index in [-0.39, 0.29) is 38.1 Å². The molecular formula is C31H39N3O6. The molecule has 0 spiro atoms. The number of nitrogens with one attached hydrogen (secondary N) is 1. The Labute approximate surface area is 235 Å². The van der Waals surface area contributed by atoms with Crippen LogP contribution in [0.25, 0.3) is 0 Å². The van der Waals surface area contributed by atoms with E-state index in [9.17, 15) is 14.4 Å². The second-order valence-corrected chi connectivity index (χ2v) is 11.0. The van der Waals surface area contributed by atoms with Crippen LogP contribution >= 0.6 is 0 Å². The van der Waals surface area contributed by atoms with Gasteiger partial charge in [0.15, 0.2) is 5.41 Å². The monoisotopic (exact) mass is 549 g/mol. The maximum atomic E-state index is 14.3. The number of hydrogen-bond acceptors (Lipinski definition) is 8. The fourth-order valence-corrected chi connectivity index (χ4v) is 6.14. The van der Waals surface area contributed by atoms with E-state index in [4.69, 9.17) is 14.2 Å². The molecule has 40 heavy (non-hydrogen) atoms. The number of aryl methyl sites for hydroxylation is 2. The van der Waals surface area contributed by atoms with E-state index in [1.165, 1.54) is 0 Å². The van der Waals surface area contributed by atoms with Gasteiger partial charge in [-0.2, -0.15) is 0 Å². The van der Waals surface area contributed by atoms with Crippen LogP contribution in [0, 0.1) is 19.3 Å². The minimum atomic E-state index is -1.82. The molecule has 0 radical (unpaired) electrons. The van der Waals surface area contributed by atoms with Crippen molar-refractivity contribution in [3.8, 4) is 0 Å². The molecule has 2 aromatic rings. The maximum Gasteiger partial charge on any atom is 0.324 e. The quantitative estimate of drug-likeness (QED) is 0.372. The number of nitrogens with zero attached hydrogens (tertiary/aromatic N) is 2. The molecule has 4 aliphatic rings. The topological polar surface area (TPSA) is 97.4 Å². The fourth-order valence-electron chi connectivity index (χ4n) is 6.14. The van der Waals surface area contributed by atoms with Crippen molar-refractivity contribution in [2.24, 2.45) is 5.41 Å². The van der Waals surface area contributed by atoms with Gasteiger partial charge in [-0.25, -0.2) is 4.90 Å². The zero-order valence-electron chi connectivity index (χ0n) is 23.8. The molecule has 3 fully saturated rings. The SMILES string of the molecule is CCOC(=O)C(CC(=O)N1CCC2C[C@]1(N1CNc3ccccc3C1)O2)(Cc1ccc(C)c(C)c1)C(=O)OCC. The van der Waals surface area contributed by atoms with Gasteiger partial charge in [0, 0.05) is 25.2 Å². The molecule has 214 valence electrons. The molecule has 4 heterocycles. The number of ether oxygens (including phenoxy) is 3. The van der Waals surface area contributed by atoms with E-state index in [1.54, 1.807) is 18.7 Å². The van der Waals surface area contributed by atoms with Crippen LogP contribution in [0.15, 0.2) is 42.5 Å². The second kappa shape index (κ2) is 11.2. The molecule has 0 aliphatic carbocycles. The molecule has 6 rings (SSSR count). The third kappa shape index (κ3) is 4.97. The van der Waals surface area contributed by atoms with Crippen LogP contribution in [0.1, 0.15) is 55.4 Å². The number of anilines is 1. The highest BCUT2D eigenvalue weighted by Crippen LogP contribution is 2.47. The summed E-state index contributed by atoms with van der Waals surface area (Å²) in [6.07, 6.45) is 1.09.